The lowest BCUT2D eigenvalue weighted by Crippen LogP contribution is -1.97. The summed E-state index contributed by atoms with van der Waals surface area (Å²) >= 11 is 7.57. The fraction of sp³-hybridized carbons (Fsp3) is 0.400. The molecule has 0 radical (unpaired) electrons. The van der Waals surface area contributed by atoms with Crippen molar-refractivity contribution < 1.29 is 0 Å². The Bertz CT molecular complexity index is 3350. The summed E-state index contributed by atoms with van der Waals surface area (Å²) in [6, 6.07) is 35.3. The van der Waals surface area contributed by atoms with Crippen LogP contribution in [0.1, 0.15) is 244 Å². The highest BCUT2D eigenvalue weighted by atomic mass is 32.1. The molecule has 8 rings (SSSR count). The zero-order chi connectivity index (χ0) is 58.9. The Kier molecular flexibility index (Phi) is 26.0. The highest BCUT2D eigenvalue weighted by Crippen LogP contribution is 2.46. The molecule has 0 unspecified atom stereocenters. The van der Waals surface area contributed by atoms with Gasteiger partial charge in [-0.15, -0.1) is 45.3 Å². The molecule has 0 spiro atoms. The smallest absolute Gasteiger partial charge is 0.0813 e. The van der Waals surface area contributed by atoms with Crippen molar-refractivity contribution in [1.82, 2.24) is 0 Å². The van der Waals surface area contributed by atoms with Gasteiger partial charge in [0.1, 0.15) is 0 Å². The summed E-state index contributed by atoms with van der Waals surface area (Å²) in [6.45, 7) is 18.4. The van der Waals surface area contributed by atoms with Crippen molar-refractivity contribution >= 4 is 45.3 Å². The molecule has 8 aromatic rings. The van der Waals surface area contributed by atoms with Gasteiger partial charge in [0.25, 0.3) is 0 Å². The standard InChI is InChI=1S/C80H90S4/c1-9-17-25-67-57-81-75(69(67)27-19-11-3)53-41-59-33-45-63(46-34-59)65-49-37-61(38-50-65)43-55-77-71(29-21-13-5)73(31-23-15-7)79(83-77)80-74(32-24-16-8)72(30-22-14-6)78(84-80)56-44-62-39-51-66(52-40-62)64-47-35-60(36-48-64)42-54-76-70(28-20-12-4)68(58-82-76)26-18-10-2/h33-40,45-52,57-58H,9-32H2,1-8H3. The molecular weight excluding hydrogens is 1090 g/mol. The topological polar surface area (TPSA) is 0 Å². The second-order valence-electron chi connectivity index (χ2n) is 22.7. The van der Waals surface area contributed by atoms with E-state index in [1.54, 1.807) is 11.1 Å². The molecule has 0 amide bonds. The molecule has 0 aliphatic rings. The number of thiophene rings is 4. The predicted octanol–water partition coefficient (Wildman–Crippen LogP) is 23.3. The molecule has 0 aliphatic heterocycles. The molecule has 4 aromatic heterocycles. The van der Waals surface area contributed by atoms with Gasteiger partial charge in [-0.05, 0) is 229 Å². The third-order valence-corrected chi connectivity index (χ3v) is 20.7. The molecule has 0 fully saturated rings. The molecule has 0 atom stereocenters. The number of aryl methyl sites for hydroxylation is 2. The van der Waals surface area contributed by atoms with Crippen LogP contribution in [0.25, 0.3) is 32.0 Å². The van der Waals surface area contributed by atoms with Crippen LogP contribution in [0.4, 0.5) is 0 Å². The zero-order valence-electron chi connectivity index (χ0n) is 52.0. The second-order valence-corrected chi connectivity index (χ2v) is 26.5. The van der Waals surface area contributed by atoms with Crippen molar-refractivity contribution in [2.24, 2.45) is 0 Å². The number of rotatable bonds is 27. The van der Waals surface area contributed by atoms with Gasteiger partial charge in [0.2, 0.25) is 0 Å². The van der Waals surface area contributed by atoms with Crippen LogP contribution in [0, 0.1) is 47.4 Å². The summed E-state index contributed by atoms with van der Waals surface area (Å²) in [5.41, 5.74) is 21.1. The van der Waals surface area contributed by atoms with Crippen molar-refractivity contribution in [2.45, 2.75) is 209 Å². The average molecular weight is 1180 g/mol. The van der Waals surface area contributed by atoms with E-state index in [4.69, 9.17) is 0 Å². The molecule has 4 heteroatoms. The molecule has 84 heavy (non-hydrogen) atoms. The van der Waals surface area contributed by atoms with Crippen LogP contribution in [-0.2, 0) is 51.4 Å². The minimum atomic E-state index is 1.05. The lowest BCUT2D eigenvalue weighted by Gasteiger charge is -2.10. The zero-order valence-corrected chi connectivity index (χ0v) is 55.3. The Morgan fingerprint density at radius 3 is 0.762 bits per heavy atom. The van der Waals surface area contributed by atoms with Gasteiger partial charge in [-0.1, -0.05) is 203 Å². The van der Waals surface area contributed by atoms with Crippen LogP contribution in [0.3, 0.4) is 0 Å². The maximum atomic E-state index is 3.80. The van der Waals surface area contributed by atoms with Crippen molar-refractivity contribution in [3.8, 4) is 79.4 Å². The van der Waals surface area contributed by atoms with E-state index in [0.29, 0.717) is 0 Å². The van der Waals surface area contributed by atoms with Crippen LogP contribution in [0.5, 0.6) is 0 Å². The summed E-state index contributed by atoms with van der Waals surface area (Å²) < 4.78 is 0. The van der Waals surface area contributed by atoms with Crippen molar-refractivity contribution in [1.29, 1.82) is 0 Å². The minimum Gasteiger partial charge on any atom is -0.135 e. The van der Waals surface area contributed by atoms with Gasteiger partial charge >= 0.3 is 0 Å². The lowest BCUT2D eigenvalue weighted by molar-refractivity contribution is 0.759. The van der Waals surface area contributed by atoms with Gasteiger partial charge in [0.15, 0.2) is 0 Å². The van der Waals surface area contributed by atoms with Crippen LogP contribution >= 0.6 is 45.3 Å². The molecule has 4 heterocycles. The van der Waals surface area contributed by atoms with Crippen LogP contribution < -0.4 is 0 Å². The van der Waals surface area contributed by atoms with E-state index in [-0.39, 0.29) is 0 Å². The maximum absolute atomic E-state index is 3.80. The summed E-state index contributed by atoms with van der Waals surface area (Å²) in [6.07, 6.45) is 28.0. The first-order valence-corrected chi connectivity index (χ1v) is 35.7. The molecule has 0 nitrogen and oxygen atoms in total. The summed E-state index contributed by atoms with van der Waals surface area (Å²) in [5, 5.41) is 4.72. The predicted molar refractivity (Wildman–Crippen MR) is 373 cm³/mol. The first kappa shape index (κ1) is 63.9. The summed E-state index contributed by atoms with van der Waals surface area (Å²) in [4.78, 5) is 7.89. The van der Waals surface area contributed by atoms with E-state index in [1.807, 2.05) is 45.3 Å². The fourth-order valence-electron chi connectivity index (χ4n) is 11.0. The molecule has 0 saturated heterocycles. The normalized spacial score (nSPS) is 10.9. The molecular formula is C80H90S4. The quantitative estimate of drug-likeness (QED) is 0.0450. The molecule has 0 saturated carbocycles. The van der Waals surface area contributed by atoms with Gasteiger partial charge in [0, 0.05) is 32.0 Å². The molecule has 434 valence electrons. The minimum absolute atomic E-state index is 1.05. The van der Waals surface area contributed by atoms with Gasteiger partial charge in [-0.3, -0.25) is 0 Å². The van der Waals surface area contributed by atoms with Gasteiger partial charge in [-0.25, -0.2) is 0 Å². The number of unbranched alkanes of at least 4 members (excludes halogenated alkanes) is 8. The van der Waals surface area contributed by atoms with Gasteiger partial charge in [-0.2, -0.15) is 0 Å². The maximum Gasteiger partial charge on any atom is 0.0813 e. The molecule has 0 bridgehead atoms. The number of hydrogen-bond acceptors (Lipinski definition) is 4. The van der Waals surface area contributed by atoms with E-state index >= 15 is 0 Å². The Hall–Kier alpha value is -6.08. The summed E-state index contributed by atoms with van der Waals surface area (Å²) in [5.74, 6) is 29.1. The van der Waals surface area contributed by atoms with Gasteiger partial charge in [0.05, 0.1) is 19.5 Å². The van der Waals surface area contributed by atoms with E-state index in [2.05, 4.69) is 211 Å². The number of hydrogen-bond donors (Lipinski definition) is 0. The van der Waals surface area contributed by atoms with Crippen molar-refractivity contribution in [2.75, 3.05) is 0 Å². The molecule has 4 aromatic carbocycles. The van der Waals surface area contributed by atoms with Crippen LogP contribution in [-0.4, -0.2) is 0 Å². The SMILES string of the molecule is CCCCc1csc(C#Cc2ccc(-c3ccc(C#Cc4sc(-c5sc(C#Cc6ccc(-c7ccc(C#Cc8scc(CCCC)c8CCCC)cc7)cc6)c(CCCC)c5CCCC)c(CCCC)c4CCCC)cc3)cc2)c1CCCC. The fourth-order valence-corrected chi connectivity index (χ4v) is 15.7. The van der Waals surface area contributed by atoms with Crippen molar-refractivity contribution in [3.05, 3.63) is 194 Å². The van der Waals surface area contributed by atoms with E-state index in [9.17, 15) is 0 Å². The third kappa shape index (κ3) is 17.5. The number of benzene rings is 4. The van der Waals surface area contributed by atoms with E-state index < -0.39 is 0 Å². The largest absolute Gasteiger partial charge is 0.135 e. The van der Waals surface area contributed by atoms with E-state index in [1.165, 1.54) is 175 Å². The monoisotopic (exact) mass is 1180 g/mol. The molecule has 0 aliphatic carbocycles. The highest BCUT2D eigenvalue weighted by Gasteiger charge is 2.25. The Labute approximate surface area is 524 Å². The summed E-state index contributed by atoms with van der Waals surface area (Å²) in [7, 11) is 0. The third-order valence-electron chi connectivity index (χ3n) is 16.2. The van der Waals surface area contributed by atoms with Crippen LogP contribution in [0.15, 0.2) is 108 Å². The first-order valence-electron chi connectivity index (χ1n) is 32.3. The van der Waals surface area contributed by atoms with Crippen LogP contribution in [0.2, 0.25) is 0 Å². The highest BCUT2D eigenvalue weighted by molar-refractivity contribution is 7.23. The Balaban J connectivity index is 1.04. The Morgan fingerprint density at radius 2 is 0.488 bits per heavy atom. The van der Waals surface area contributed by atoms with E-state index in [0.717, 1.165) is 86.5 Å². The second kappa shape index (κ2) is 34.2. The Morgan fingerprint density at radius 1 is 0.250 bits per heavy atom. The van der Waals surface area contributed by atoms with Crippen molar-refractivity contribution in [3.63, 3.8) is 0 Å². The molecule has 0 N–H and O–H groups in total. The lowest BCUT2D eigenvalue weighted by atomic mass is 9.94. The first-order chi connectivity index (χ1) is 41.3. The van der Waals surface area contributed by atoms with Gasteiger partial charge < -0.3 is 0 Å². The average Bonchev–Trinajstić information content (AvgIpc) is 4.47.